The summed E-state index contributed by atoms with van der Waals surface area (Å²) in [6.07, 6.45) is 0. The number of halogens is 2. The van der Waals surface area contributed by atoms with Crippen LogP contribution < -0.4 is 10.1 Å². The molecular weight excluding hydrogens is 236 g/mol. The molecule has 3 rings (SSSR count). The summed E-state index contributed by atoms with van der Waals surface area (Å²) in [5.74, 6) is -0.942. The molecule has 1 aliphatic rings. The second-order valence-electron chi connectivity index (χ2n) is 4.12. The number of rotatable bonds is 1. The normalized spacial score (nSPS) is 13.4. The van der Waals surface area contributed by atoms with Gasteiger partial charge in [-0.25, -0.2) is 8.78 Å². The maximum absolute atomic E-state index is 13.2. The summed E-state index contributed by atoms with van der Waals surface area (Å²) >= 11 is 0. The Balaban J connectivity index is 2.03. The Morgan fingerprint density at radius 3 is 2.56 bits per heavy atom. The van der Waals surface area contributed by atoms with E-state index in [9.17, 15) is 8.78 Å². The average molecular weight is 247 g/mol. The Bertz CT molecular complexity index is 598. The zero-order valence-electron chi connectivity index (χ0n) is 9.54. The predicted octanol–water partition coefficient (Wildman–Crippen LogP) is 3.44. The van der Waals surface area contributed by atoms with Crippen LogP contribution in [0.5, 0.6) is 5.75 Å². The monoisotopic (exact) mass is 247 g/mol. The molecule has 0 spiro atoms. The molecule has 2 aromatic rings. The molecule has 1 heterocycles. The van der Waals surface area contributed by atoms with Crippen molar-refractivity contribution < 1.29 is 13.5 Å². The molecular formula is C14H11F2NO. The van der Waals surface area contributed by atoms with E-state index in [0.29, 0.717) is 12.2 Å². The molecule has 0 bridgehead atoms. The number of hydrogen-bond acceptors (Lipinski definition) is 2. The maximum atomic E-state index is 13.2. The summed E-state index contributed by atoms with van der Waals surface area (Å²) < 4.78 is 31.6. The van der Waals surface area contributed by atoms with E-state index in [2.05, 4.69) is 5.32 Å². The Labute approximate surface area is 103 Å². The summed E-state index contributed by atoms with van der Waals surface area (Å²) in [6, 6.07) is 9.43. The molecule has 0 aromatic heterocycles. The van der Waals surface area contributed by atoms with Crippen LogP contribution in [0.4, 0.5) is 14.5 Å². The minimum atomic E-state index is -0.843. The lowest BCUT2D eigenvalue weighted by atomic mass is 10.0. The van der Waals surface area contributed by atoms with Crippen molar-refractivity contribution in [1.82, 2.24) is 0 Å². The van der Waals surface area contributed by atoms with E-state index in [1.807, 2.05) is 18.2 Å². The number of nitrogens with one attached hydrogen (secondary N) is 1. The first-order chi connectivity index (χ1) is 8.74. The van der Waals surface area contributed by atoms with Crippen LogP contribution in [-0.4, -0.2) is 13.2 Å². The van der Waals surface area contributed by atoms with Gasteiger partial charge in [0.05, 0.1) is 5.69 Å². The maximum Gasteiger partial charge on any atom is 0.159 e. The molecule has 4 heteroatoms. The average Bonchev–Trinajstić information content (AvgIpc) is 2.41. The van der Waals surface area contributed by atoms with E-state index in [4.69, 9.17) is 4.74 Å². The van der Waals surface area contributed by atoms with Gasteiger partial charge >= 0.3 is 0 Å². The van der Waals surface area contributed by atoms with Crippen molar-refractivity contribution in [2.75, 3.05) is 18.5 Å². The zero-order valence-corrected chi connectivity index (χ0v) is 9.54. The second-order valence-corrected chi connectivity index (χ2v) is 4.12. The largest absolute Gasteiger partial charge is 0.490 e. The summed E-state index contributed by atoms with van der Waals surface area (Å²) in [5, 5.41) is 3.20. The van der Waals surface area contributed by atoms with Gasteiger partial charge in [0.25, 0.3) is 0 Å². The minimum Gasteiger partial charge on any atom is -0.490 e. The smallest absolute Gasteiger partial charge is 0.159 e. The highest BCUT2D eigenvalue weighted by Gasteiger charge is 2.11. The topological polar surface area (TPSA) is 21.3 Å². The fraction of sp³-hybridized carbons (Fsp3) is 0.143. The van der Waals surface area contributed by atoms with E-state index < -0.39 is 11.6 Å². The second kappa shape index (κ2) is 4.29. The number of hydrogen-bond donors (Lipinski definition) is 1. The lowest BCUT2D eigenvalue weighted by molar-refractivity contribution is 0.323. The molecule has 1 aliphatic heterocycles. The van der Waals surface area contributed by atoms with Gasteiger partial charge in [0, 0.05) is 6.54 Å². The zero-order chi connectivity index (χ0) is 12.5. The van der Waals surface area contributed by atoms with Crippen molar-refractivity contribution in [1.29, 1.82) is 0 Å². The minimum absolute atomic E-state index is 0.605. The molecule has 0 radical (unpaired) electrons. The van der Waals surface area contributed by atoms with Crippen LogP contribution in [0.15, 0.2) is 36.4 Å². The molecule has 1 N–H and O–H groups in total. The lowest BCUT2D eigenvalue weighted by Crippen LogP contribution is -2.17. The fourth-order valence-electron chi connectivity index (χ4n) is 1.99. The van der Waals surface area contributed by atoms with Gasteiger partial charge in [0.2, 0.25) is 0 Å². The Morgan fingerprint density at radius 2 is 1.72 bits per heavy atom. The molecule has 2 aromatic carbocycles. The highest BCUT2D eigenvalue weighted by atomic mass is 19.2. The molecule has 18 heavy (non-hydrogen) atoms. The van der Waals surface area contributed by atoms with Gasteiger partial charge in [-0.15, -0.1) is 0 Å². The van der Waals surface area contributed by atoms with Gasteiger partial charge in [-0.3, -0.25) is 0 Å². The van der Waals surface area contributed by atoms with E-state index in [1.54, 1.807) is 6.07 Å². The highest BCUT2D eigenvalue weighted by molar-refractivity contribution is 5.71. The first kappa shape index (κ1) is 11.0. The first-order valence-electron chi connectivity index (χ1n) is 5.70. The van der Waals surface area contributed by atoms with Crippen LogP contribution in [0.25, 0.3) is 11.1 Å². The van der Waals surface area contributed by atoms with Crippen molar-refractivity contribution in [2.45, 2.75) is 0 Å². The van der Waals surface area contributed by atoms with Crippen molar-refractivity contribution in [2.24, 2.45) is 0 Å². The summed E-state index contributed by atoms with van der Waals surface area (Å²) in [6.45, 7) is 1.38. The third-order valence-electron chi connectivity index (χ3n) is 2.91. The van der Waals surface area contributed by atoms with Crippen LogP contribution in [0.3, 0.4) is 0 Å². The molecule has 0 fully saturated rings. The van der Waals surface area contributed by atoms with Crippen molar-refractivity contribution in [3.8, 4) is 16.9 Å². The molecule has 0 atom stereocenters. The molecule has 0 aliphatic carbocycles. The van der Waals surface area contributed by atoms with Crippen LogP contribution in [-0.2, 0) is 0 Å². The highest BCUT2D eigenvalue weighted by Crippen LogP contribution is 2.32. The van der Waals surface area contributed by atoms with Crippen LogP contribution in [0.2, 0.25) is 0 Å². The van der Waals surface area contributed by atoms with Gasteiger partial charge in [0.1, 0.15) is 12.4 Å². The van der Waals surface area contributed by atoms with E-state index in [0.717, 1.165) is 29.6 Å². The van der Waals surface area contributed by atoms with E-state index in [1.165, 1.54) is 6.07 Å². The molecule has 92 valence electrons. The Kier molecular flexibility index (Phi) is 2.63. The number of benzene rings is 2. The van der Waals surface area contributed by atoms with Gasteiger partial charge in [-0.05, 0) is 35.4 Å². The Hall–Kier alpha value is -2.10. The Morgan fingerprint density at radius 1 is 0.944 bits per heavy atom. The number of fused-ring (bicyclic) bond motifs is 1. The van der Waals surface area contributed by atoms with Crippen molar-refractivity contribution in [3.63, 3.8) is 0 Å². The van der Waals surface area contributed by atoms with Crippen LogP contribution >= 0.6 is 0 Å². The molecule has 2 nitrogen and oxygen atoms in total. The fourth-order valence-corrected chi connectivity index (χ4v) is 1.99. The van der Waals surface area contributed by atoms with Gasteiger partial charge in [-0.2, -0.15) is 0 Å². The van der Waals surface area contributed by atoms with Gasteiger partial charge < -0.3 is 10.1 Å². The van der Waals surface area contributed by atoms with Crippen molar-refractivity contribution >= 4 is 5.69 Å². The van der Waals surface area contributed by atoms with E-state index >= 15 is 0 Å². The summed E-state index contributed by atoms with van der Waals surface area (Å²) in [7, 11) is 0. The lowest BCUT2D eigenvalue weighted by Gasteiger charge is -2.19. The predicted molar refractivity (Wildman–Crippen MR) is 65.8 cm³/mol. The summed E-state index contributed by atoms with van der Waals surface area (Å²) in [4.78, 5) is 0. The van der Waals surface area contributed by atoms with Gasteiger partial charge in [-0.1, -0.05) is 12.1 Å². The molecule has 0 saturated heterocycles. The first-order valence-corrected chi connectivity index (χ1v) is 5.70. The van der Waals surface area contributed by atoms with Gasteiger partial charge in [0.15, 0.2) is 11.6 Å². The SMILES string of the molecule is Fc1ccc(-c2ccc3c(c2)OCCN3)cc1F. The molecule has 0 saturated carbocycles. The quantitative estimate of drug-likeness (QED) is 0.833. The number of anilines is 1. The standard InChI is InChI=1S/C14H11F2NO/c15-11-3-1-9(7-12(11)16)10-2-4-13-14(8-10)18-6-5-17-13/h1-4,7-8,17H,5-6H2. The van der Waals surface area contributed by atoms with Crippen molar-refractivity contribution in [3.05, 3.63) is 48.0 Å². The third kappa shape index (κ3) is 1.90. The molecule has 0 amide bonds. The summed E-state index contributed by atoms with van der Waals surface area (Å²) in [5.41, 5.74) is 2.36. The van der Waals surface area contributed by atoms with Crippen LogP contribution in [0, 0.1) is 11.6 Å². The molecule has 0 unspecified atom stereocenters. The van der Waals surface area contributed by atoms with Crippen LogP contribution in [0.1, 0.15) is 0 Å². The third-order valence-corrected chi connectivity index (χ3v) is 2.91. The number of ether oxygens (including phenoxy) is 1. The van der Waals surface area contributed by atoms with E-state index in [-0.39, 0.29) is 0 Å².